The Hall–Kier alpha value is -2.30. The van der Waals surface area contributed by atoms with Crippen LogP contribution in [0.1, 0.15) is 31.7 Å². The molecule has 0 unspecified atom stereocenters. The minimum absolute atomic E-state index is 0.0877. The maximum absolute atomic E-state index is 11.6. The van der Waals surface area contributed by atoms with Crippen molar-refractivity contribution in [3.8, 4) is 0 Å². The van der Waals surface area contributed by atoms with Gasteiger partial charge in [-0.2, -0.15) is 0 Å². The van der Waals surface area contributed by atoms with Gasteiger partial charge in [0.2, 0.25) is 5.91 Å². The summed E-state index contributed by atoms with van der Waals surface area (Å²) in [6.07, 6.45) is 4.70. The molecule has 0 saturated heterocycles. The van der Waals surface area contributed by atoms with Crippen LogP contribution in [0.5, 0.6) is 0 Å². The lowest BCUT2D eigenvalue weighted by atomic mass is 10.00. The second-order valence-electron chi connectivity index (χ2n) is 5.87. The summed E-state index contributed by atoms with van der Waals surface area (Å²) >= 11 is 0. The molecule has 1 aliphatic rings. The third kappa shape index (κ3) is 5.41. The molecule has 1 aromatic carbocycles. The largest absolute Gasteiger partial charge is 0.356 e. The minimum atomic E-state index is 0.0877. The second-order valence-corrected chi connectivity index (χ2v) is 5.87. The zero-order chi connectivity index (χ0) is 17.2. The molecule has 0 aliphatic carbocycles. The molecule has 130 valence electrons. The van der Waals surface area contributed by atoms with E-state index in [4.69, 9.17) is 0 Å². The van der Waals surface area contributed by atoms with Crippen LogP contribution in [0, 0.1) is 0 Å². The van der Waals surface area contributed by atoms with Crippen LogP contribution in [0.15, 0.2) is 41.4 Å². The fourth-order valence-corrected chi connectivity index (χ4v) is 2.75. The van der Waals surface area contributed by atoms with Crippen molar-refractivity contribution in [2.75, 3.05) is 33.2 Å². The van der Waals surface area contributed by atoms with Crippen LogP contribution in [-0.4, -0.2) is 50.0 Å². The van der Waals surface area contributed by atoms with Gasteiger partial charge in [0.1, 0.15) is 0 Å². The predicted octanol–water partition coefficient (Wildman–Crippen LogP) is 2.27. The summed E-state index contributed by atoms with van der Waals surface area (Å²) < 4.78 is 0. The van der Waals surface area contributed by atoms with Gasteiger partial charge in [0.05, 0.1) is 0 Å². The molecular formula is C19H28N4O. The molecule has 0 saturated carbocycles. The number of hydrogen-bond donors (Lipinski definition) is 2. The first kappa shape index (κ1) is 18.0. The lowest BCUT2D eigenvalue weighted by Gasteiger charge is -2.29. The number of benzene rings is 1. The van der Waals surface area contributed by atoms with Gasteiger partial charge < -0.3 is 15.5 Å². The van der Waals surface area contributed by atoms with Crippen LogP contribution < -0.4 is 10.6 Å². The number of nitrogens with zero attached hydrogens (tertiary/aromatic N) is 2. The maximum atomic E-state index is 11.6. The van der Waals surface area contributed by atoms with E-state index in [1.807, 2.05) is 13.0 Å². The van der Waals surface area contributed by atoms with Gasteiger partial charge in [-0.25, -0.2) is 0 Å². The van der Waals surface area contributed by atoms with Crippen molar-refractivity contribution in [3.63, 3.8) is 0 Å². The van der Waals surface area contributed by atoms with Gasteiger partial charge in [0, 0.05) is 39.6 Å². The van der Waals surface area contributed by atoms with Crippen molar-refractivity contribution in [1.82, 2.24) is 15.5 Å². The smallest absolute Gasteiger partial charge is 0.221 e. The summed E-state index contributed by atoms with van der Waals surface area (Å²) in [7, 11) is 1.79. The maximum Gasteiger partial charge on any atom is 0.221 e. The zero-order valence-corrected chi connectivity index (χ0v) is 14.7. The fourth-order valence-electron chi connectivity index (χ4n) is 2.75. The highest BCUT2D eigenvalue weighted by atomic mass is 16.1. The second kappa shape index (κ2) is 9.75. The Balaban J connectivity index is 1.81. The molecule has 5 nitrogen and oxygen atoms in total. The Kier molecular flexibility index (Phi) is 7.33. The van der Waals surface area contributed by atoms with Gasteiger partial charge in [-0.05, 0) is 24.0 Å². The van der Waals surface area contributed by atoms with E-state index in [1.165, 1.54) is 11.1 Å². The molecular weight excluding hydrogens is 300 g/mol. The first-order chi connectivity index (χ1) is 11.7. The minimum Gasteiger partial charge on any atom is -0.356 e. The average molecular weight is 328 g/mol. The molecule has 1 aromatic rings. The molecule has 0 atom stereocenters. The third-order valence-electron chi connectivity index (χ3n) is 4.07. The van der Waals surface area contributed by atoms with Crippen molar-refractivity contribution in [2.45, 2.75) is 26.2 Å². The Morgan fingerprint density at radius 1 is 1.21 bits per heavy atom. The Labute approximate surface area is 144 Å². The number of rotatable bonds is 6. The van der Waals surface area contributed by atoms with Gasteiger partial charge in [-0.1, -0.05) is 43.3 Å². The van der Waals surface area contributed by atoms with Gasteiger partial charge in [0.15, 0.2) is 5.96 Å². The topological polar surface area (TPSA) is 56.7 Å². The first-order valence-electron chi connectivity index (χ1n) is 8.71. The van der Waals surface area contributed by atoms with Crippen LogP contribution in [0.4, 0.5) is 0 Å². The Bertz CT molecular complexity index is 580. The van der Waals surface area contributed by atoms with E-state index < -0.39 is 0 Å². The summed E-state index contributed by atoms with van der Waals surface area (Å²) in [5.74, 6) is 0.950. The van der Waals surface area contributed by atoms with Gasteiger partial charge in [-0.15, -0.1) is 0 Å². The normalized spacial score (nSPS) is 15.0. The van der Waals surface area contributed by atoms with Gasteiger partial charge in [-0.3, -0.25) is 9.79 Å². The molecule has 5 heteroatoms. The summed E-state index contributed by atoms with van der Waals surface area (Å²) in [5.41, 5.74) is 2.69. The van der Waals surface area contributed by atoms with E-state index in [2.05, 4.69) is 50.9 Å². The lowest BCUT2D eigenvalue weighted by molar-refractivity contribution is -0.120. The molecule has 2 N–H and O–H groups in total. The number of aliphatic imine (C=N–C) groups is 1. The predicted molar refractivity (Wildman–Crippen MR) is 99.9 cm³/mol. The molecule has 0 aromatic heterocycles. The van der Waals surface area contributed by atoms with Crippen LogP contribution in [0.3, 0.4) is 0 Å². The van der Waals surface area contributed by atoms with E-state index in [-0.39, 0.29) is 5.91 Å². The van der Waals surface area contributed by atoms with Crippen molar-refractivity contribution in [3.05, 3.63) is 42.0 Å². The molecule has 24 heavy (non-hydrogen) atoms. The molecule has 0 fully saturated rings. The van der Waals surface area contributed by atoms with E-state index in [9.17, 15) is 4.79 Å². The van der Waals surface area contributed by atoms with Gasteiger partial charge >= 0.3 is 0 Å². The monoisotopic (exact) mass is 328 g/mol. The van der Waals surface area contributed by atoms with E-state index >= 15 is 0 Å². The molecule has 0 bridgehead atoms. The third-order valence-corrected chi connectivity index (χ3v) is 4.07. The van der Waals surface area contributed by atoms with Crippen molar-refractivity contribution >= 4 is 17.4 Å². The molecule has 2 rings (SSSR count). The number of guanidine groups is 1. The average Bonchev–Trinajstić information content (AvgIpc) is 2.64. The summed E-state index contributed by atoms with van der Waals surface area (Å²) in [4.78, 5) is 18.2. The first-order valence-corrected chi connectivity index (χ1v) is 8.71. The number of amides is 1. The Morgan fingerprint density at radius 2 is 2.00 bits per heavy atom. The SMILES string of the molecule is CCCNC(=O)CCNC(=NC)N1CC=C(c2ccccc2)CC1. The highest BCUT2D eigenvalue weighted by Gasteiger charge is 2.16. The van der Waals surface area contributed by atoms with Crippen molar-refractivity contribution in [1.29, 1.82) is 0 Å². The Morgan fingerprint density at radius 3 is 2.62 bits per heavy atom. The molecule has 0 radical (unpaired) electrons. The molecule has 1 aliphatic heterocycles. The highest BCUT2D eigenvalue weighted by molar-refractivity contribution is 5.82. The summed E-state index contributed by atoms with van der Waals surface area (Å²) in [6, 6.07) is 10.5. The standard InChI is InChI=1S/C19H28N4O/c1-3-12-21-18(24)9-13-22-19(20-2)23-14-10-17(11-15-23)16-7-5-4-6-8-16/h4-8,10H,3,9,11-15H2,1-2H3,(H,20,22)(H,21,24). The van der Waals surface area contributed by atoms with Crippen LogP contribution in [-0.2, 0) is 4.79 Å². The van der Waals surface area contributed by atoms with Gasteiger partial charge in [0.25, 0.3) is 0 Å². The number of carbonyl (C=O) groups is 1. The fraction of sp³-hybridized carbons (Fsp3) is 0.474. The summed E-state index contributed by atoms with van der Waals surface area (Å²) in [6.45, 7) is 5.17. The lowest BCUT2D eigenvalue weighted by Crippen LogP contribution is -2.44. The van der Waals surface area contributed by atoms with Crippen molar-refractivity contribution < 1.29 is 4.79 Å². The number of carbonyl (C=O) groups excluding carboxylic acids is 1. The number of hydrogen-bond acceptors (Lipinski definition) is 2. The zero-order valence-electron chi connectivity index (χ0n) is 14.7. The highest BCUT2D eigenvalue weighted by Crippen LogP contribution is 2.21. The van der Waals surface area contributed by atoms with Crippen LogP contribution in [0.25, 0.3) is 5.57 Å². The van der Waals surface area contributed by atoms with E-state index in [0.717, 1.165) is 38.4 Å². The van der Waals surface area contributed by atoms with Crippen LogP contribution in [0.2, 0.25) is 0 Å². The molecule has 0 spiro atoms. The summed E-state index contributed by atoms with van der Waals surface area (Å²) in [5, 5.41) is 6.17. The van der Waals surface area contributed by atoms with E-state index in [0.29, 0.717) is 13.0 Å². The quantitative estimate of drug-likeness (QED) is 0.622. The van der Waals surface area contributed by atoms with Crippen molar-refractivity contribution in [2.24, 2.45) is 4.99 Å². The molecule has 1 heterocycles. The van der Waals surface area contributed by atoms with Crippen LogP contribution >= 0.6 is 0 Å². The molecule has 1 amide bonds. The van der Waals surface area contributed by atoms with E-state index in [1.54, 1.807) is 7.05 Å². The number of nitrogens with one attached hydrogen (secondary N) is 2.